The third-order valence-electron chi connectivity index (χ3n) is 2.88. The van der Waals surface area contributed by atoms with Crippen molar-refractivity contribution in [2.45, 2.75) is 6.54 Å². The molecule has 0 aliphatic heterocycles. The Labute approximate surface area is 107 Å². The van der Waals surface area contributed by atoms with Crippen LogP contribution in [0.25, 0.3) is 11.0 Å². The minimum absolute atomic E-state index is 0.0911. The maximum Gasteiger partial charge on any atom is 0.326 e. The normalized spacial score (nSPS) is 10.9. The molecule has 0 atom stereocenters. The van der Waals surface area contributed by atoms with Gasteiger partial charge in [-0.25, -0.2) is 4.79 Å². The quantitative estimate of drug-likeness (QED) is 0.786. The highest BCUT2D eigenvalue weighted by Crippen LogP contribution is 2.19. The molecule has 0 amide bonds. The van der Waals surface area contributed by atoms with Gasteiger partial charge in [0.1, 0.15) is 5.75 Å². The van der Waals surface area contributed by atoms with Gasteiger partial charge >= 0.3 is 5.69 Å². The molecule has 0 aliphatic carbocycles. The van der Waals surface area contributed by atoms with Gasteiger partial charge in [-0.2, -0.15) is 0 Å². The van der Waals surface area contributed by atoms with E-state index in [0.29, 0.717) is 6.54 Å². The first-order valence-electron chi connectivity index (χ1n) is 5.57. The lowest BCUT2D eigenvalue weighted by Gasteiger charge is -2.02. The molecule has 3 rings (SSSR count). The fourth-order valence-corrected chi connectivity index (χ4v) is 2.68. The maximum absolute atomic E-state index is 11.9. The van der Waals surface area contributed by atoms with Crippen LogP contribution in [0.15, 0.2) is 40.5 Å². The summed E-state index contributed by atoms with van der Waals surface area (Å²) in [6.07, 6.45) is 0. The topological polar surface area (TPSA) is 47.0 Å². The first-order chi connectivity index (χ1) is 8.78. The molecule has 0 spiro atoms. The molecule has 4 nitrogen and oxygen atoms in total. The molecular weight excluding hydrogens is 248 g/mol. The van der Waals surface area contributed by atoms with E-state index in [1.54, 1.807) is 23.0 Å². The number of aromatic amines is 1. The van der Waals surface area contributed by atoms with E-state index in [9.17, 15) is 4.79 Å². The monoisotopic (exact) mass is 260 g/mol. The first kappa shape index (κ1) is 11.1. The van der Waals surface area contributed by atoms with Crippen LogP contribution in [0.1, 0.15) is 4.88 Å². The number of benzene rings is 1. The molecule has 1 N–H and O–H groups in total. The minimum atomic E-state index is -0.0911. The summed E-state index contributed by atoms with van der Waals surface area (Å²) in [6.45, 7) is 0.600. The van der Waals surface area contributed by atoms with Gasteiger partial charge in [-0.05, 0) is 23.6 Å². The molecule has 0 saturated heterocycles. The number of hydrogen-bond acceptors (Lipinski definition) is 3. The zero-order chi connectivity index (χ0) is 12.5. The van der Waals surface area contributed by atoms with E-state index in [4.69, 9.17) is 4.74 Å². The fraction of sp³-hybridized carbons (Fsp3) is 0.154. The fourth-order valence-electron chi connectivity index (χ4n) is 1.99. The summed E-state index contributed by atoms with van der Waals surface area (Å²) in [7, 11) is 1.61. The lowest BCUT2D eigenvalue weighted by molar-refractivity contribution is 0.415. The highest BCUT2D eigenvalue weighted by molar-refractivity contribution is 7.09. The summed E-state index contributed by atoms with van der Waals surface area (Å²) in [5, 5.41) is 2.01. The number of imidazole rings is 1. The number of aromatic nitrogens is 2. The molecule has 2 aromatic heterocycles. The Hall–Kier alpha value is -2.01. The molecule has 2 heterocycles. The van der Waals surface area contributed by atoms with E-state index in [1.165, 1.54) is 0 Å². The summed E-state index contributed by atoms with van der Waals surface area (Å²) in [5.74, 6) is 0.743. The highest BCUT2D eigenvalue weighted by atomic mass is 32.1. The van der Waals surface area contributed by atoms with Gasteiger partial charge in [0.25, 0.3) is 0 Å². The SMILES string of the molecule is COc1ccc2c(c1)[nH]c(=O)n2Cc1cccs1. The first-order valence-corrected chi connectivity index (χ1v) is 6.45. The highest BCUT2D eigenvalue weighted by Gasteiger charge is 2.08. The number of H-pyrrole nitrogens is 1. The summed E-state index contributed by atoms with van der Waals surface area (Å²) in [5.41, 5.74) is 1.61. The summed E-state index contributed by atoms with van der Waals surface area (Å²) < 4.78 is 6.88. The number of nitrogens with zero attached hydrogens (tertiary/aromatic N) is 1. The smallest absolute Gasteiger partial charge is 0.326 e. The van der Waals surface area contributed by atoms with Crippen molar-refractivity contribution in [3.8, 4) is 5.75 Å². The summed E-state index contributed by atoms with van der Waals surface area (Å²) >= 11 is 1.65. The Balaban J connectivity index is 2.11. The van der Waals surface area contributed by atoms with Crippen LogP contribution in [0.3, 0.4) is 0 Å². The van der Waals surface area contributed by atoms with E-state index in [0.717, 1.165) is 21.7 Å². The van der Waals surface area contributed by atoms with Gasteiger partial charge in [-0.3, -0.25) is 4.57 Å². The number of fused-ring (bicyclic) bond motifs is 1. The maximum atomic E-state index is 11.9. The number of nitrogens with one attached hydrogen (secondary N) is 1. The number of methoxy groups -OCH3 is 1. The molecule has 0 fully saturated rings. The number of ether oxygens (including phenoxy) is 1. The van der Waals surface area contributed by atoms with Gasteiger partial charge < -0.3 is 9.72 Å². The van der Waals surface area contributed by atoms with E-state index in [1.807, 2.05) is 35.7 Å². The van der Waals surface area contributed by atoms with Crippen LogP contribution in [0.2, 0.25) is 0 Å². The second kappa shape index (κ2) is 4.34. The van der Waals surface area contributed by atoms with E-state index < -0.39 is 0 Å². The third-order valence-corrected chi connectivity index (χ3v) is 3.74. The summed E-state index contributed by atoms with van der Waals surface area (Å²) in [6, 6.07) is 9.62. The van der Waals surface area contributed by atoms with E-state index in [2.05, 4.69) is 4.98 Å². The molecule has 1 aromatic carbocycles. The number of rotatable bonds is 3. The third kappa shape index (κ3) is 1.82. The van der Waals surface area contributed by atoms with Crippen molar-refractivity contribution < 1.29 is 4.74 Å². The lowest BCUT2D eigenvalue weighted by Crippen LogP contribution is -2.16. The van der Waals surface area contributed by atoms with Crippen LogP contribution < -0.4 is 10.4 Å². The lowest BCUT2D eigenvalue weighted by atomic mass is 10.3. The van der Waals surface area contributed by atoms with Crippen LogP contribution in [-0.4, -0.2) is 16.7 Å². The standard InChI is InChI=1S/C13H12N2O2S/c1-17-9-4-5-12-11(7-9)14-13(16)15(12)8-10-3-2-6-18-10/h2-7H,8H2,1H3,(H,14,16). The van der Waals surface area contributed by atoms with Gasteiger partial charge in [-0.15, -0.1) is 11.3 Å². The second-order valence-corrected chi connectivity index (χ2v) is 5.01. The predicted molar refractivity (Wildman–Crippen MR) is 72.5 cm³/mol. The molecule has 3 aromatic rings. The van der Waals surface area contributed by atoms with Crippen molar-refractivity contribution in [3.63, 3.8) is 0 Å². The molecule has 0 radical (unpaired) electrons. The van der Waals surface area contributed by atoms with Gasteiger partial charge in [-0.1, -0.05) is 6.07 Å². The molecule has 0 bridgehead atoms. The molecule has 0 saturated carbocycles. The second-order valence-electron chi connectivity index (χ2n) is 3.98. The molecular formula is C13H12N2O2S. The van der Waals surface area contributed by atoms with Crippen LogP contribution in [-0.2, 0) is 6.54 Å². The molecule has 18 heavy (non-hydrogen) atoms. The largest absolute Gasteiger partial charge is 0.497 e. The van der Waals surface area contributed by atoms with Crippen LogP contribution in [0.5, 0.6) is 5.75 Å². The molecule has 92 valence electrons. The van der Waals surface area contributed by atoms with Gasteiger partial charge in [0.15, 0.2) is 0 Å². The van der Waals surface area contributed by atoms with Crippen molar-refractivity contribution in [2.24, 2.45) is 0 Å². The summed E-state index contributed by atoms with van der Waals surface area (Å²) in [4.78, 5) is 15.9. The molecule has 5 heteroatoms. The zero-order valence-corrected chi connectivity index (χ0v) is 10.7. The van der Waals surface area contributed by atoms with E-state index >= 15 is 0 Å². The Morgan fingerprint density at radius 3 is 3.00 bits per heavy atom. The van der Waals surface area contributed by atoms with Gasteiger partial charge in [0.05, 0.1) is 24.7 Å². The Morgan fingerprint density at radius 1 is 1.39 bits per heavy atom. The molecule has 0 unspecified atom stereocenters. The van der Waals surface area contributed by atoms with Crippen molar-refractivity contribution >= 4 is 22.4 Å². The van der Waals surface area contributed by atoms with Gasteiger partial charge in [0, 0.05) is 10.9 Å². The van der Waals surface area contributed by atoms with Crippen molar-refractivity contribution in [3.05, 3.63) is 51.1 Å². The van der Waals surface area contributed by atoms with Crippen molar-refractivity contribution in [1.29, 1.82) is 0 Å². The molecule has 0 aliphatic rings. The zero-order valence-electron chi connectivity index (χ0n) is 9.84. The Morgan fingerprint density at radius 2 is 2.28 bits per heavy atom. The Bertz CT molecular complexity index is 725. The van der Waals surface area contributed by atoms with E-state index in [-0.39, 0.29) is 5.69 Å². The van der Waals surface area contributed by atoms with Crippen LogP contribution in [0, 0.1) is 0 Å². The number of hydrogen-bond donors (Lipinski definition) is 1. The van der Waals surface area contributed by atoms with Crippen molar-refractivity contribution in [1.82, 2.24) is 9.55 Å². The average Bonchev–Trinajstić information content (AvgIpc) is 2.98. The van der Waals surface area contributed by atoms with Crippen LogP contribution in [0.4, 0.5) is 0 Å². The number of thiophene rings is 1. The average molecular weight is 260 g/mol. The van der Waals surface area contributed by atoms with Crippen molar-refractivity contribution in [2.75, 3.05) is 7.11 Å². The minimum Gasteiger partial charge on any atom is -0.497 e. The Kier molecular flexibility index (Phi) is 2.68. The van der Waals surface area contributed by atoms with Gasteiger partial charge in [0.2, 0.25) is 0 Å². The van der Waals surface area contributed by atoms with Crippen LogP contribution >= 0.6 is 11.3 Å². The predicted octanol–water partition coefficient (Wildman–Crippen LogP) is 2.45.